The van der Waals surface area contributed by atoms with Gasteiger partial charge in [0.05, 0.1) is 102 Å². The van der Waals surface area contributed by atoms with Crippen LogP contribution in [0.1, 0.15) is 185 Å². The molecule has 4 amide bonds. The summed E-state index contributed by atoms with van der Waals surface area (Å²) in [6.45, 7) is 25.7. The summed E-state index contributed by atoms with van der Waals surface area (Å²) in [4.78, 5) is 114. The molecule has 568 valence electrons. The first-order valence-electron chi connectivity index (χ1n) is 37.7. The van der Waals surface area contributed by atoms with Crippen LogP contribution < -0.4 is 38.5 Å². The molecule has 13 rings (SSSR count). The number of carbonyl (C=O) groups is 8. The molecule has 20 nitrogen and oxygen atoms in total. The summed E-state index contributed by atoms with van der Waals surface area (Å²) in [6.07, 6.45) is 21.7. The Morgan fingerprint density at radius 3 is 1.09 bits per heavy atom. The van der Waals surface area contributed by atoms with Gasteiger partial charge in [-0.1, -0.05) is 174 Å². The van der Waals surface area contributed by atoms with Gasteiger partial charge in [0, 0.05) is 39.4 Å². The van der Waals surface area contributed by atoms with Crippen molar-refractivity contribution in [3.63, 3.8) is 0 Å². The molecule has 4 heterocycles. The van der Waals surface area contributed by atoms with Crippen LogP contribution in [0.5, 0.6) is 0 Å². The number of ether oxygens (including phenoxy) is 4. The zero-order valence-electron chi connectivity index (χ0n) is 64.2. The summed E-state index contributed by atoms with van der Waals surface area (Å²) in [5, 5.41) is 22.6. The molecule has 4 aromatic rings. The van der Waals surface area contributed by atoms with Gasteiger partial charge in [0.1, 0.15) is 0 Å². The van der Waals surface area contributed by atoms with Crippen LogP contribution in [-0.2, 0) is 79.0 Å². The number of hydrogen-bond acceptors (Lipinski definition) is 16. The van der Waals surface area contributed by atoms with E-state index >= 15 is 0 Å². The van der Waals surface area contributed by atoms with Crippen LogP contribution in [0, 0.1) is 52.8 Å². The Kier molecular flexibility index (Phi) is 23.3. The van der Waals surface area contributed by atoms with Crippen LogP contribution in [0.2, 0.25) is 0 Å². The van der Waals surface area contributed by atoms with Crippen molar-refractivity contribution in [2.45, 2.75) is 163 Å². The van der Waals surface area contributed by atoms with Gasteiger partial charge in [0.25, 0.3) is 0 Å². The monoisotopic (exact) mass is 1460 g/mol. The molecule has 0 saturated heterocycles. The lowest BCUT2D eigenvalue weighted by Crippen LogP contribution is -2.22. The Hall–Kier alpha value is -10.6. The quantitative estimate of drug-likeness (QED) is 0.0683. The number of carbonyl (C=O) groups excluding carboxylic acids is 8. The molecule has 4 fully saturated rings. The third kappa shape index (κ3) is 19.0. The topological polar surface area (TPSA) is 324 Å². The normalized spacial score (nSPS) is 28.2. The summed E-state index contributed by atoms with van der Waals surface area (Å²) >= 11 is 0. The van der Waals surface area contributed by atoms with E-state index in [2.05, 4.69) is 141 Å². The molecular weight excluding hydrogens is 1360 g/mol. The number of nitrogens with one attached hydrogen (secondary N) is 5. The van der Waals surface area contributed by atoms with Gasteiger partial charge >= 0.3 is 23.9 Å². The second-order valence-electron chi connectivity index (χ2n) is 33.6. The fraction of sp³-hybridized carbons (Fsp3) is 0.420. The van der Waals surface area contributed by atoms with Crippen molar-refractivity contribution < 1.29 is 57.3 Å². The largest absolute Gasteiger partial charge is 0.465 e. The molecule has 0 aromatic heterocycles. The molecule has 9 aliphatic rings. The minimum Gasteiger partial charge on any atom is -0.465 e. The van der Waals surface area contributed by atoms with Crippen LogP contribution in [0.3, 0.4) is 0 Å². The molecule has 4 aromatic carbocycles. The van der Waals surface area contributed by atoms with Gasteiger partial charge in [-0.15, -0.1) is 0 Å². The molecule has 4 saturated carbocycles. The number of esters is 4. The fourth-order valence-corrected chi connectivity index (χ4v) is 13.6. The van der Waals surface area contributed by atoms with Crippen molar-refractivity contribution in [1.82, 2.24) is 0 Å². The minimum absolute atomic E-state index is 0.0150. The number of fused-ring (bicyclic) bond motifs is 18. The molecule has 4 aliphatic heterocycles. The highest BCUT2D eigenvalue weighted by Gasteiger charge is 2.53. The van der Waals surface area contributed by atoms with Crippen LogP contribution in [0.4, 0.5) is 22.7 Å². The van der Waals surface area contributed by atoms with E-state index in [1.54, 1.807) is 78.9 Å². The summed E-state index contributed by atoms with van der Waals surface area (Å²) in [6, 6.07) is 22.9. The smallest absolute Gasteiger partial charge is 0.309 e. The summed E-state index contributed by atoms with van der Waals surface area (Å²) < 4.78 is 22.7. The lowest BCUT2D eigenvalue weighted by atomic mass is 9.78. The summed E-state index contributed by atoms with van der Waals surface area (Å²) in [5.74, 6) is -10.7. The zero-order chi connectivity index (χ0) is 77.9. The Bertz CT molecular complexity index is 4410. The molecule has 6 unspecified atom stereocenters. The summed E-state index contributed by atoms with van der Waals surface area (Å²) in [7, 11) is 0. The second-order valence-corrected chi connectivity index (χ2v) is 33.6. The number of hydrogen-bond donors (Lipinski definition) is 8. The molecule has 4 bridgehead atoms. The molecular formula is C88H104N8O12. The van der Waals surface area contributed by atoms with Gasteiger partial charge in [0.2, 0.25) is 23.6 Å². The first-order chi connectivity index (χ1) is 51.0. The number of allylic oxidation sites excluding steroid dienone is 15. The predicted octanol–water partition coefficient (Wildman–Crippen LogP) is 14.6. The van der Waals surface area contributed by atoms with Crippen molar-refractivity contribution in [2.24, 2.45) is 64.5 Å². The number of nitrogens with two attached hydrogens (primary N) is 3. The maximum atomic E-state index is 14.7. The molecule has 0 radical (unpaired) electrons. The van der Waals surface area contributed by atoms with Crippen LogP contribution in [0.25, 0.3) is 22.3 Å². The Morgan fingerprint density at radius 2 is 0.722 bits per heavy atom. The van der Waals surface area contributed by atoms with Crippen molar-refractivity contribution in [1.29, 1.82) is 5.41 Å². The van der Waals surface area contributed by atoms with Crippen LogP contribution >= 0.6 is 0 Å². The zero-order valence-corrected chi connectivity index (χ0v) is 64.2. The molecule has 8 atom stereocenters. The fourth-order valence-electron chi connectivity index (χ4n) is 13.6. The average molecular weight is 1470 g/mol. The van der Waals surface area contributed by atoms with E-state index in [9.17, 15) is 43.8 Å². The third-order valence-corrected chi connectivity index (χ3v) is 20.9. The molecule has 20 heteroatoms. The third-order valence-electron chi connectivity index (χ3n) is 20.9. The number of rotatable bonds is 2. The molecule has 0 spiro atoms. The first-order valence-corrected chi connectivity index (χ1v) is 37.7. The Balaban J connectivity index is 1.20. The highest BCUT2D eigenvalue weighted by molar-refractivity contribution is 6.32. The highest BCUT2D eigenvalue weighted by atomic mass is 16.5. The van der Waals surface area contributed by atoms with Gasteiger partial charge in [-0.3, -0.25) is 38.4 Å². The van der Waals surface area contributed by atoms with Crippen LogP contribution in [-0.4, -0.2) is 79.6 Å². The summed E-state index contributed by atoms with van der Waals surface area (Å²) in [5.41, 5.74) is 30.2. The van der Waals surface area contributed by atoms with Crippen molar-refractivity contribution in [3.8, 4) is 0 Å². The predicted molar refractivity (Wildman–Crippen MR) is 423 cm³/mol. The van der Waals surface area contributed by atoms with E-state index in [4.69, 9.17) is 36.1 Å². The molecule has 5 aliphatic carbocycles. The van der Waals surface area contributed by atoms with E-state index < -0.39 is 94.8 Å². The van der Waals surface area contributed by atoms with E-state index in [1.165, 1.54) is 0 Å². The van der Waals surface area contributed by atoms with Gasteiger partial charge in [-0.25, -0.2) is 0 Å². The van der Waals surface area contributed by atoms with E-state index in [-0.39, 0.29) is 148 Å². The maximum absolute atomic E-state index is 14.7. The number of benzene rings is 4. The lowest BCUT2D eigenvalue weighted by Gasteiger charge is -2.26. The van der Waals surface area contributed by atoms with Crippen molar-refractivity contribution in [2.75, 3.05) is 47.7 Å². The molecule has 11 N–H and O–H groups in total. The first kappa shape index (κ1) is 78.4. The Labute approximate surface area is 633 Å². The van der Waals surface area contributed by atoms with E-state index in [0.29, 0.717) is 31.3 Å². The van der Waals surface area contributed by atoms with Crippen molar-refractivity contribution >= 4 is 98.3 Å². The Morgan fingerprint density at radius 1 is 0.389 bits per heavy atom. The number of anilines is 4. The van der Waals surface area contributed by atoms with Gasteiger partial charge in [0.15, 0.2) is 0 Å². The second kappa shape index (κ2) is 32.1. The standard InChI is InChI=1S/C88H104N8O12/c1-85(2,3)53-39-51(40-54(43-53)86(4,5)6)49-23-17-27-65(89)73-67(91)29-19-25-50(52-41-55(87(7,8)9)44-56(42-52)88(10,11)12)26-20-30-68(92)74(66(90)28-18-24-49)76-70-32-22-34-72(76)96-80(100)60-48-64(60)84(104)108-38-16-15-37-107-83(103)63-47-59(63)79(99)95-71-33-21-31-69(75(71)73)93-77(97)57-45-61(57)81(101)105-35-13-14-36-106-82(102)62-46-58(62)78(98)94-70/h17-25,27-34,39-44,57-64,89H,13-16,26,35-38,45-48,90-92H2,1-12H3,(H,93,97)(H,94,98)(H,95,99)(H,96,100)/b24-18+,27-17-,29-19-,30-20-,49-23-,50-25-,66-28-,73-67+,74-68+,89-65?/t57-,58?,59?,60?,61?,62?,63?,64-/m1/s1. The highest BCUT2D eigenvalue weighted by Crippen LogP contribution is 2.48. The SMILES string of the molecule is CC(C)(C)c1cc(C2=C\C=C/C(=N)/C3=C(N)/C=C\C=C(/c4cc(C(C)(C)C)cc(C(C)(C)C)c4)C/C=C\C(N)=C(\C(N)=C\C=C\2)c2c4cccc2NC(=O)C2C[C@H]2C(=O)OCCCCOC(=O)C2CC2C(=O)Nc2cccc(c23)NC(=O)[C@@H]2CC2C(=O)OCCCCOC(=O)C2CC2C(=O)N4)cc(C(C)(C)C)c1. The van der Waals surface area contributed by atoms with Gasteiger partial charge in [-0.2, -0.15) is 0 Å². The average Bonchev–Trinajstić information content (AvgIpc) is 0.995. The van der Waals surface area contributed by atoms with E-state index in [1.807, 2.05) is 24.3 Å². The molecule has 108 heavy (non-hydrogen) atoms. The van der Waals surface area contributed by atoms with Gasteiger partial charge in [-0.05, 0) is 173 Å². The lowest BCUT2D eigenvalue weighted by molar-refractivity contribution is -0.148. The van der Waals surface area contributed by atoms with Crippen LogP contribution in [0.15, 0.2) is 157 Å². The van der Waals surface area contributed by atoms with Crippen molar-refractivity contribution in [3.05, 3.63) is 201 Å². The van der Waals surface area contributed by atoms with E-state index in [0.717, 1.165) is 39.0 Å². The minimum atomic E-state index is -0.814. The maximum Gasteiger partial charge on any atom is 0.309 e. The van der Waals surface area contributed by atoms with Gasteiger partial charge < -0.3 is 62.8 Å². The number of amides is 4.